The summed E-state index contributed by atoms with van der Waals surface area (Å²) in [6.45, 7) is 2.00. The van der Waals surface area contributed by atoms with Gasteiger partial charge in [-0.1, -0.05) is 12.1 Å². The average Bonchev–Trinajstić information content (AvgIpc) is 2.04. The van der Waals surface area contributed by atoms with Gasteiger partial charge in [-0.2, -0.15) is 0 Å². The van der Waals surface area contributed by atoms with E-state index in [0.717, 1.165) is 17.4 Å². The van der Waals surface area contributed by atoms with Gasteiger partial charge < -0.3 is 5.32 Å². The van der Waals surface area contributed by atoms with Gasteiger partial charge in [-0.15, -0.1) is 0 Å². The normalized spacial score (nSPS) is 15.7. The second kappa shape index (κ2) is 2.38. The third-order valence-electron chi connectivity index (χ3n) is 1.63. The highest BCUT2D eigenvalue weighted by atomic mass is 15.0. The van der Waals surface area contributed by atoms with Crippen LogP contribution in [0.25, 0.3) is 0 Å². The number of aliphatic imine (C=N–C) groups is 1. The quantitative estimate of drug-likeness (QED) is 0.595. The molecule has 0 saturated heterocycles. The maximum atomic E-state index is 4.25. The van der Waals surface area contributed by atoms with Crippen LogP contribution in [0.3, 0.4) is 0 Å². The van der Waals surface area contributed by atoms with Gasteiger partial charge in [0.15, 0.2) is 0 Å². The standard InChI is InChI=1S/C9H9N2/c1-7-6-10-8-4-2-3-5-9(8)11-7/h2-6,11H,1H3. The van der Waals surface area contributed by atoms with Crippen LogP contribution in [0.15, 0.2) is 29.3 Å². The summed E-state index contributed by atoms with van der Waals surface area (Å²) >= 11 is 0. The smallest absolute Gasteiger partial charge is 0.0979 e. The van der Waals surface area contributed by atoms with Crippen molar-refractivity contribution in [1.82, 2.24) is 0 Å². The number of nitrogens with zero attached hydrogens (tertiary/aromatic N) is 1. The van der Waals surface area contributed by atoms with Crippen LogP contribution < -0.4 is 5.32 Å². The lowest BCUT2D eigenvalue weighted by Crippen LogP contribution is -2.10. The molecule has 2 nitrogen and oxygen atoms in total. The molecule has 1 N–H and O–H groups in total. The molecule has 0 aliphatic carbocycles. The lowest BCUT2D eigenvalue weighted by atomic mass is 10.2. The van der Waals surface area contributed by atoms with Gasteiger partial charge in [0.05, 0.1) is 17.4 Å². The predicted octanol–water partition coefficient (Wildman–Crippen LogP) is 2.37. The van der Waals surface area contributed by atoms with Gasteiger partial charge in [0.2, 0.25) is 0 Å². The monoisotopic (exact) mass is 145 g/mol. The Hall–Kier alpha value is -1.31. The van der Waals surface area contributed by atoms with E-state index in [9.17, 15) is 0 Å². The zero-order valence-corrected chi connectivity index (χ0v) is 6.33. The van der Waals surface area contributed by atoms with Gasteiger partial charge in [0.1, 0.15) is 0 Å². The third kappa shape index (κ3) is 1.11. The number of hydrogen-bond donors (Lipinski definition) is 1. The minimum Gasteiger partial charge on any atom is -0.371 e. The highest BCUT2D eigenvalue weighted by Crippen LogP contribution is 2.28. The molecular formula is C9H9N2. The van der Waals surface area contributed by atoms with Crippen LogP contribution >= 0.6 is 0 Å². The minimum atomic E-state index is 1.01. The van der Waals surface area contributed by atoms with E-state index in [2.05, 4.69) is 10.3 Å². The summed E-state index contributed by atoms with van der Waals surface area (Å²) in [5.74, 6) is 0. The molecule has 11 heavy (non-hydrogen) atoms. The van der Waals surface area contributed by atoms with Crippen LogP contribution in [-0.2, 0) is 0 Å². The van der Waals surface area contributed by atoms with Crippen molar-refractivity contribution in [1.29, 1.82) is 0 Å². The average molecular weight is 145 g/mol. The number of hydrogen-bond acceptors (Lipinski definition) is 2. The highest BCUT2D eigenvalue weighted by molar-refractivity contribution is 5.88. The predicted molar refractivity (Wildman–Crippen MR) is 47.1 cm³/mol. The molecule has 1 heterocycles. The number of rotatable bonds is 0. The van der Waals surface area contributed by atoms with E-state index in [1.807, 2.05) is 37.4 Å². The van der Waals surface area contributed by atoms with E-state index < -0.39 is 0 Å². The number of nitrogens with one attached hydrogen (secondary N) is 1. The summed E-state index contributed by atoms with van der Waals surface area (Å²) in [4.78, 5) is 4.25. The highest BCUT2D eigenvalue weighted by Gasteiger charge is 2.07. The Morgan fingerprint density at radius 1 is 1.27 bits per heavy atom. The van der Waals surface area contributed by atoms with E-state index in [1.165, 1.54) is 0 Å². The lowest BCUT2D eigenvalue weighted by molar-refractivity contribution is 1.24. The molecule has 0 atom stereocenters. The summed E-state index contributed by atoms with van der Waals surface area (Å²) in [6.07, 6.45) is 1.84. The molecule has 0 unspecified atom stereocenters. The van der Waals surface area contributed by atoms with E-state index in [0.29, 0.717) is 0 Å². The van der Waals surface area contributed by atoms with Gasteiger partial charge >= 0.3 is 0 Å². The number of fused-ring (bicyclic) bond motifs is 1. The van der Waals surface area contributed by atoms with Crippen LogP contribution in [0, 0.1) is 6.04 Å². The molecule has 0 fully saturated rings. The van der Waals surface area contributed by atoms with E-state index in [-0.39, 0.29) is 0 Å². The molecule has 0 amide bonds. The summed E-state index contributed by atoms with van der Waals surface area (Å²) in [7, 11) is 0. The SMILES string of the molecule is C[C]1C=Nc2ccccc2N1. The fourth-order valence-corrected chi connectivity index (χ4v) is 1.10. The lowest BCUT2D eigenvalue weighted by Gasteiger charge is -2.16. The van der Waals surface area contributed by atoms with Crippen molar-refractivity contribution in [2.24, 2.45) is 4.99 Å². The molecule has 1 aliphatic heterocycles. The van der Waals surface area contributed by atoms with Crippen molar-refractivity contribution in [2.75, 3.05) is 5.32 Å². The Kier molecular flexibility index (Phi) is 1.39. The van der Waals surface area contributed by atoms with Crippen molar-refractivity contribution >= 4 is 17.6 Å². The zero-order valence-electron chi connectivity index (χ0n) is 6.33. The van der Waals surface area contributed by atoms with Gasteiger partial charge in [0.25, 0.3) is 0 Å². The van der Waals surface area contributed by atoms with Gasteiger partial charge in [-0.3, -0.25) is 4.99 Å². The van der Waals surface area contributed by atoms with Crippen molar-refractivity contribution < 1.29 is 0 Å². The molecule has 0 spiro atoms. The maximum absolute atomic E-state index is 4.25. The summed E-state index contributed by atoms with van der Waals surface area (Å²) in [5, 5.41) is 3.23. The summed E-state index contributed by atoms with van der Waals surface area (Å²) in [6, 6.07) is 9.09. The molecule has 1 radical (unpaired) electrons. The second-order valence-corrected chi connectivity index (χ2v) is 2.58. The molecule has 2 rings (SSSR count). The molecule has 55 valence electrons. The molecular weight excluding hydrogens is 136 g/mol. The fraction of sp³-hybridized carbons (Fsp3) is 0.111. The van der Waals surface area contributed by atoms with Crippen LogP contribution in [0.4, 0.5) is 11.4 Å². The van der Waals surface area contributed by atoms with Crippen LogP contribution in [-0.4, -0.2) is 6.21 Å². The molecule has 2 heteroatoms. The Balaban J connectivity index is 2.46. The first kappa shape index (κ1) is 6.40. The molecule has 1 aliphatic rings. The molecule has 1 aromatic rings. The van der Waals surface area contributed by atoms with Crippen molar-refractivity contribution in [3.63, 3.8) is 0 Å². The first-order chi connectivity index (χ1) is 5.36. The summed E-state index contributed by atoms with van der Waals surface area (Å²) in [5.41, 5.74) is 2.10. The Morgan fingerprint density at radius 3 is 3.00 bits per heavy atom. The van der Waals surface area contributed by atoms with Crippen molar-refractivity contribution in [2.45, 2.75) is 6.92 Å². The topological polar surface area (TPSA) is 24.4 Å². The Bertz CT molecular complexity index is 291. The third-order valence-corrected chi connectivity index (χ3v) is 1.63. The van der Waals surface area contributed by atoms with E-state index >= 15 is 0 Å². The summed E-state index contributed by atoms with van der Waals surface area (Å²) < 4.78 is 0. The van der Waals surface area contributed by atoms with Crippen LogP contribution in [0.5, 0.6) is 0 Å². The number of benzene rings is 1. The van der Waals surface area contributed by atoms with Gasteiger partial charge in [0, 0.05) is 6.21 Å². The molecule has 0 aromatic heterocycles. The largest absolute Gasteiger partial charge is 0.371 e. The van der Waals surface area contributed by atoms with Gasteiger partial charge in [-0.05, 0) is 19.1 Å². The maximum Gasteiger partial charge on any atom is 0.0979 e. The van der Waals surface area contributed by atoms with Gasteiger partial charge in [-0.25, -0.2) is 0 Å². The first-order valence-corrected chi connectivity index (χ1v) is 3.60. The zero-order chi connectivity index (χ0) is 7.68. The number of para-hydroxylation sites is 2. The molecule has 0 saturated carbocycles. The minimum absolute atomic E-state index is 1.01. The Morgan fingerprint density at radius 2 is 2.09 bits per heavy atom. The molecule has 1 aromatic carbocycles. The van der Waals surface area contributed by atoms with E-state index in [4.69, 9.17) is 0 Å². The fourth-order valence-electron chi connectivity index (χ4n) is 1.10. The van der Waals surface area contributed by atoms with Crippen LogP contribution in [0.2, 0.25) is 0 Å². The van der Waals surface area contributed by atoms with E-state index in [1.54, 1.807) is 0 Å². The Labute approximate surface area is 66.0 Å². The second-order valence-electron chi connectivity index (χ2n) is 2.58. The first-order valence-electron chi connectivity index (χ1n) is 3.60. The van der Waals surface area contributed by atoms with Crippen molar-refractivity contribution in [3.8, 4) is 0 Å². The molecule has 0 bridgehead atoms. The van der Waals surface area contributed by atoms with Crippen LogP contribution in [0.1, 0.15) is 6.92 Å². The number of anilines is 1. The van der Waals surface area contributed by atoms with Crippen molar-refractivity contribution in [3.05, 3.63) is 30.3 Å².